The third-order valence-electron chi connectivity index (χ3n) is 3.97. The Labute approximate surface area is 126 Å². The van der Waals surface area contributed by atoms with E-state index < -0.39 is 0 Å². The highest BCUT2D eigenvalue weighted by molar-refractivity contribution is 6.30. The molecule has 0 saturated carbocycles. The number of nitrogens with one attached hydrogen (secondary N) is 1. The van der Waals surface area contributed by atoms with Crippen LogP contribution in [-0.2, 0) is 0 Å². The molecule has 0 aliphatic carbocycles. The fraction of sp³-hybridized carbons (Fsp3) is 0.625. The molecule has 0 unspecified atom stereocenters. The Morgan fingerprint density at radius 1 is 1.35 bits per heavy atom. The topological polar surface area (TPSA) is 35.5 Å². The van der Waals surface area contributed by atoms with Gasteiger partial charge in [0.25, 0.3) is 0 Å². The molecule has 20 heavy (non-hydrogen) atoms. The Morgan fingerprint density at radius 2 is 2.05 bits per heavy atom. The molecule has 0 bridgehead atoms. The zero-order chi connectivity index (χ0) is 14.6. The van der Waals surface area contributed by atoms with Crippen molar-refractivity contribution in [3.05, 3.63) is 29.3 Å². The van der Waals surface area contributed by atoms with Crippen molar-refractivity contribution in [3.63, 3.8) is 0 Å². The van der Waals surface area contributed by atoms with Gasteiger partial charge in [-0.25, -0.2) is 0 Å². The van der Waals surface area contributed by atoms with Crippen LogP contribution >= 0.6 is 11.6 Å². The Kier molecular flexibility index (Phi) is 5.30. The number of benzene rings is 1. The summed E-state index contributed by atoms with van der Waals surface area (Å²) in [5.74, 6) is 0.692. The van der Waals surface area contributed by atoms with Gasteiger partial charge in [0.15, 0.2) is 0 Å². The van der Waals surface area contributed by atoms with E-state index in [1.807, 2.05) is 24.3 Å². The van der Waals surface area contributed by atoms with E-state index in [0.29, 0.717) is 5.92 Å². The van der Waals surface area contributed by atoms with E-state index in [1.54, 1.807) is 0 Å². The van der Waals surface area contributed by atoms with Gasteiger partial charge in [-0.3, -0.25) is 0 Å². The van der Waals surface area contributed by atoms with E-state index in [1.165, 1.54) is 0 Å². The SMILES string of the molecule is CC(C)CN1CCC(CO)(Nc2cccc(Cl)c2)CC1. The first kappa shape index (κ1) is 15.6. The highest BCUT2D eigenvalue weighted by Crippen LogP contribution is 2.28. The van der Waals surface area contributed by atoms with Crippen LogP contribution in [0.15, 0.2) is 24.3 Å². The number of aliphatic hydroxyl groups excluding tert-OH is 1. The molecule has 1 fully saturated rings. The lowest BCUT2D eigenvalue weighted by atomic mass is 9.87. The second kappa shape index (κ2) is 6.79. The van der Waals surface area contributed by atoms with E-state index >= 15 is 0 Å². The summed E-state index contributed by atoms with van der Waals surface area (Å²) in [5, 5.41) is 14.0. The van der Waals surface area contributed by atoms with Gasteiger partial charge in [-0.05, 0) is 37.0 Å². The summed E-state index contributed by atoms with van der Waals surface area (Å²) in [6.07, 6.45) is 1.92. The van der Waals surface area contributed by atoms with Gasteiger partial charge in [0.1, 0.15) is 0 Å². The second-order valence-corrected chi connectivity index (χ2v) is 6.70. The average molecular weight is 297 g/mol. The molecule has 0 radical (unpaired) electrons. The fourth-order valence-corrected chi connectivity index (χ4v) is 3.07. The first-order valence-corrected chi connectivity index (χ1v) is 7.78. The van der Waals surface area contributed by atoms with Crippen LogP contribution in [0.1, 0.15) is 26.7 Å². The normalized spacial score (nSPS) is 19.2. The van der Waals surface area contributed by atoms with Crippen molar-refractivity contribution < 1.29 is 5.11 Å². The minimum absolute atomic E-state index is 0.162. The van der Waals surface area contributed by atoms with Gasteiger partial charge < -0.3 is 15.3 Å². The summed E-state index contributed by atoms with van der Waals surface area (Å²) in [4.78, 5) is 2.48. The largest absolute Gasteiger partial charge is 0.394 e. The van der Waals surface area contributed by atoms with E-state index in [9.17, 15) is 5.11 Å². The smallest absolute Gasteiger partial charge is 0.0662 e. The predicted octanol–water partition coefficient (Wildman–Crippen LogP) is 3.23. The van der Waals surface area contributed by atoms with Crippen LogP contribution in [0, 0.1) is 5.92 Å². The molecule has 1 aromatic rings. The molecular formula is C16H25ClN2O. The number of halogens is 1. The molecule has 112 valence electrons. The van der Waals surface area contributed by atoms with Crippen molar-refractivity contribution in [1.82, 2.24) is 4.90 Å². The van der Waals surface area contributed by atoms with Gasteiger partial charge in [0.2, 0.25) is 0 Å². The minimum atomic E-state index is -0.210. The Bertz CT molecular complexity index is 428. The summed E-state index contributed by atoms with van der Waals surface area (Å²) in [6.45, 7) is 7.86. The van der Waals surface area contributed by atoms with Crippen LogP contribution in [0.2, 0.25) is 5.02 Å². The summed E-state index contributed by atoms with van der Waals surface area (Å²) in [6, 6.07) is 7.72. The maximum atomic E-state index is 9.83. The van der Waals surface area contributed by atoms with Crippen LogP contribution in [0.3, 0.4) is 0 Å². The Hall–Kier alpha value is -0.770. The maximum Gasteiger partial charge on any atom is 0.0662 e. The van der Waals surface area contributed by atoms with Gasteiger partial charge in [0.05, 0.1) is 12.1 Å². The van der Waals surface area contributed by atoms with Gasteiger partial charge in [-0.2, -0.15) is 0 Å². The molecule has 0 spiro atoms. The number of nitrogens with zero attached hydrogens (tertiary/aromatic N) is 1. The third-order valence-corrected chi connectivity index (χ3v) is 4.21. The number of likely N-dealkylation sites (tertiary alicyclic amines) is 1. The Morgan fingerprint density at radius 3 is 2.60 bits per heavy atom. The fourth-order valence-electron chi connectivity index (χ4n) is 2.88. The quantitative estimate of drug-likeness (QED) is 0.876. The van der Waals surface area contributed by atoms with Crippen LogP contribution in [0.25, 0.3) is 0 Å². The van der Waals surface area contributed by atoms with Crippen molar-refractivity contribution >= 4 is 17.3 Å². The van der Waals surface area contributed by atoms with Crippen molar-refractivity contribution in [2.45, 2.75) is 32.2 Å². The summed E-state index contributed by atoms with van der Waals surface area (Å²) in [5.41, 5.74) is 0.780. The summed E-state index contributed by atoms with van der Waals surface area (Å²) < 4.78 is 0. The second-order valence-electron chi connectivity index (χ2n) is 6.27. The van der Waals surface area contributed by atoms with E-state index in [0.717, 1.165) is 43.2 Å². The highest BCUT2D eigenvalue weighted by atomic mass is 35.5. The molecule has 1 saturated heterocycles. The molecule has 3 nitrogen and oxygen atoms in total. The molecule has 1 heterocycles. The van der Waals surface area contributed by atoms with E-state index in [2.05, 4.69) is 24.1 Å². The molecule has 0 amide bonds. The van der Waals surface area contributed by atoms with E-state index in [4.69, 9.17) is 11.6 Å². The number of rotatable bonds is 5. The molecular weight excluding hydrogens is 272 g/mol. The standard InChI is InChI=1S/C16H25ClN2O/c1-13(2)11-19-8-6-16(12-20,7-9-19)18-15-5-3-4-14(17)10-15/h3-5,10,13,18,20H,6-9,11-12H2,1-2H3. The van der Waals surface area contributed by atoms with Crippen molar-refractivity contribution in [3.8, 4) is 0 Å². The van der Waals surface area contributed by atoms with Crippen molar-refractivity contribution in [2.24, 2.45) is 5.92 Å². The van der Waals surface area contributed by atoms with Gasteiger partial charge in [0, 0.05) is 30.3 Å². The summed E-state index contributed by atoms with van der Waals surface area (Å²) >= 11 is 6.02. The molecule has 2 N–H and O–H groups in total. The van der Waals surface area contributed by atoms with Gasteiger partial charge in [-0.15, -0.1) is 0 Å². The van der Waals surface area contributed by atoms with Gasteiger partial charge in [-0.1, -0.05) is 31.5 Å². The van der Waals surface area contributed by atoms with Gasteiger partial charge >= 0.3 is 0 Å². The predicted molar refractivity (Wildman–Crippen MR) is 85.4 cm³/mol. The number of hydrogen-bond acceptors (Lipinski definition) is 3. The van der Waals surface area contributed by atoms with Crippen molar-refractivity contribution in [1.29, 1.82) is 0 Å². The lowest BCUT2D eigenvalue weighted by molar-refractivity contribution is 0.111. The molecule has 1 aliphatic rings. The van der Waals surface area contributed by atoms with Crippen LogP contribution in [-0.4, -0.2) is 41.8 Å². The van der Waals surface area contributed by atoms with Crippen LogP contribution in [0.5, 0.6) is 0 Å². The monoisotopic (exact) mass is 296 g/mol. The lowest BCUT2D eigenvalue weighted by Gasteiger charge is -2.42. The molecule has 0 aromatic heterocycles. The maximum absolute atomic E-state index is 9.83. The molecule has 1 aliphatic heterocycles. The number of hydrogen-bond donors (Lipinski definition) is 2. The van der Waals surface area contributed by atoms with Crippen LogP contribution < -0.4 is 5.32 Å². The number of piperidine rings is 1. The third kappa shape index (κ3) is 4.11. The minimum Gasteiger partial charge on any atom is -0.394 e. The number of aliphatic hydroxyl groups is 1. The number of anilines is 1. The highest BCUT2D eigenvalue weighted by Gasteiger charge is 2.34. The van der Waals surface area contributed by atoms with E-state index in [-0.39, 0.29) is 12.1 Å². The molecule has 1 aromatic carbocycles. The first-order valence-electron chi connectivity index (χ1n) is 7.40. The molecule has 4 heteroatoms. The van der Waals surface area contributed by atoms with Crippen LogP contribution in [0.4, 0.5) is 5.69 Å². The summed E-state index contributed by atoms with van der Waals surface area (Å²) in [7, 11) is 0. The molecule has 0 atom stereocenters. The average Bonchev–Trinajstić information content (AvgIpc) is 2.41. The van der Waals surface area contributed by atoms with Crippen molar-refractivity contribution in [2.75, 3.05) is 31.6 Å². The first-order chi connectivity index (χ1) is 9.53. The zero-order valence-electron chi connectivity index (χ0n) is 12.4. The molecule has 2 rings (SSSR count). The lowest BCUT2D eigenvalue weighted by Crippen LogP contribution is -2.52. The zero-order valence-corrected chi connectivity index (χ0v) is 13.2. The Balaban J connectivity index is 1.98.